The van der Waals surface area contributed by atoms with Gasteiger partial charge >= 0.3 is 0 Å². The number of hydrogen-bond acceptors (Lipinski definition) is 9. The van der Waals surface area contributed by atoms with Gasteiger partial charge in [0.2, 0.25) is 11.6 Å². The predicted molar refractivity (Wildman–Crippen MR) is 138 cm³/mol. The fourth-order valence-electron chi connectivity index (χ4n) is 3.67. The molecule has 0 bridgehead atoms. The summed E-state index contributed by atoms with van der Waals surface area (Å²) in [4.78, 5) is 27.1. The molecular formula is C25H19N5O6S. The molecule has 0 saturated heterocycles. The highest BCUT2D eigenvalue weighted by molar-refractivity contribution is 7.07. The van der Waals surface area contributed by atoms with E-state index in [9.17, 15) is 20.2 Å². The molecular weight excluding hydrogens is 498 g/mol. The van der Waals surface area contributed by atoms with Gasteiger partial charge in [0, 0.05) is 23.1 Å². The molecule has 12 heteroatoms. The molecule has 3 aromatic carbocycles. The van der Waals surface area contributed by atoms with Crippen LogP contribution in [0, 0.1) is 34.1 Å². The Hall–Kier alpha value is -4.84. The Morgan fingerprint density at radius 2 is 1.68 bits per heavy atom. The minimum Gasteiger partial charge on any atom is -0.454 e. The lowest BCUT2D eigenvalue weighted by atomic mass is 10.1. The predicted octanol–water partition coefficient (Wildman–Crippen LogP) is 5.49. The fraction of sp³-hybridized carbons (Fsp3) is 0.120. The molecule has 0 aliphatic carbocycles. The topological polar surface area (TPSA) is 134 Å². The summed E-state index contributed by atoms with van der Waals surface area (Å²) in [7, 11) is 0. The smallest absolute Gasteiger partial charge is 0.282 e. The molecule has 4 aromatic rings. The molecule has 0 amide bonds. The number of fused-ring (bicyclic) bond motifs is 1. The van der Waals surface area contributed by atoms with Crippen LogP contribution in [-0.4, -0.2) is 27.5 Å². The molecule has 0 saturated carbocycles. The third-order valence-corrected chi connectivity index (χ3v) is 6.62. The van der Waals surface area contributed by atoms with Crippen molar-refractivity contribution in [2.24, 2.45) is 10.1 Å². The highest BCUT2D eigenvalue weighted by atomic mass is 32.1. The van der Waals surface area contributed by atoms with Crippen molar-refractivity contribution >= 4 is 34.6 Å². The van der Waals surface area contributed by atoms with Crippen LogP contribution in [0.2, 0.25) is 0 Å². The van der Waals surface area contributed by atoms with Crippen molar-refractivity contribution < 1.29 is 19.3 Å². The Labute approximate surface area is 213 Å². The lowest BCUT2D eigenvalue weighted by molar-refractivity contribution is -0.385. The van der Waals surface area contributed by atoms with Crippen molar-refractivity contribution in [3.63, 3.8) is 0 Å². The van der Waals surface area contributed by atoms with Crippen molar-refractivity contribution in [2.75, 3.05) is 6.79 Å². The van der Waals surface area contributed by atoms with Crippen molar-refractivity contribution in [3.05, 3.63) is 102 Å². The van der Waals surface area contributed by atoms with E-state index in [1.807, 2.05) is 37.4 Å². The van der Waals surface area contributed by atoms with Gasteiger partial charge in [-0.25, -0.2) is 9.67 Å². The van der Waals surface area contributed by atoms with Crippen molar-refractivity contribution in [1.82, 2.24) is 4.68 Å². The first-order valence-corrected chi connectivity index (χ1v) is 11.9. The summed E-state index contributed by atoms with van der Waals surface area (Å²) in [5.41, 5.74) is 4.22. The summed E-state index contributed by atoms with van der Waals surface area (Å²) in [5.74, 6) is 0.682. The Morgan fingerprint density at radius 1 is 0.946 bits per heavy atom. The summed E-state index contributed by atoms with van der Waals surface area (Å²) in [6.45, 7) is 3.99. The van der Waals surface area contributed by atoms with E-state index in [0.29, 0.717) is 27.6 Å². The number of nitrogens with zero attached hydrogens (tertiary/aromatic N) is 5. The van der Waals surface area contributed by atoms with Crippen LogP contribution in [0.15, 0.2) is 70.1 Å². The summed E-state index contributed by atoms with van der Waals surface area (Å²) in [5, 5.41) is 29.2. The molecule has 0 radical (unpaired) electrons. The van der Waals surface area contributed by atoms with Gasteiger partial charge in [-0.2, -0.15) is 5.10 Å². The van der Waals surface area contributed by atoms with Crippen LogP contribution < -0.4 is 14.3 Å². The second-order valence-corrected chi connectivity index (χ2v) is 9.00. The number of aryl methyl sites for hydroxylation is 2. The zero-order valence-electron chi connectivity index (χ0n) is 19.7. The molecule has 186 valence electrons. The number of aromatic nitrogens is 1. The molecule has 0 atom stereocenters. The number of non-ortho nitro benzene ring substituents is 1. The first-order valence-electron chi connectivity index (χ1n) is 11.0. The van der Waals surface area contributed by atoms with Gasteiger partial charge in [0.1, 0.15) is 0 Å². The van der Waals surface area contributed by atoms with Gasteiger partial charge in [-0.3, -0.25) is 20.2 Å². The van der Waals surface area contributed by atoms with E-state index in [4.69, 9.17) is 14.5 Å². The summed E-state index contributed by atoms with van der Waals surface area (Å²) >= 11 is 1.32. The quantitative estimate of drug-likeness (QED) is 0.188. The Morgan fingerprint density at radius 3 is 2.35 bits per heavy atom. The number of rotatable bonds is 6. The van der Waals surface area contributed by atoms with E-state index >= 15 is 0 Å². The molecule has 5 rings (SSSR count). The van der Waals surface area contributed by atoms with Crippen LogP contribution >= 0.6 is 11.3 Å². The van der Waals surface area contributed by atoms with Crippen LogP contribution in [-0.2, 0) is 0 Å². The summed E-state index contributed by atoms with van der Waals surface area (Å²) < 4.78 is 12.2. The third kappa shape index (κ3) is 4.82. The van der Waals surface area contributed by atoms with E-state index in [0.717, 1.165) is 16.8 Å². The molecule has 11 nitrogen and oxygen atoms in total. The molecule has 1 aliphatic rings. The van der Waals surface area contributed by atoms with E-state index < -0.39 is 9.85 Å². The number of ether oxygens (including phenoxy) is 2. The second kappa shape index (κ2) is 9.66. The van der Waals surface area contributed by atoms with Crippen LogP contribution in [0.25, 0.3) is 11.3 Å². The minimum atomic E-state index is -0.515. The van der Waals surface area contributed by atoms with E-state index in [1.165, 1.54) is 41.8 Å². The normalized spacial score (nSPS) is 12.9. The summed E-state index contributed by atoms with van der Waals surface area (Å²) in [6.07, 6.45) is 1.36. The van der Waals surface area contributed by atoms with Gasteiger partial charge in [-0.15, -0.1) is 11.3 Å². The van der Waals surface area contributed by atoms with E-state index in [1.54, 1.807) is 16.8 Å². The number of nitro benzene ring substituents is 2. The van der Waals surface area contributed by atoms with Gasteiger partial charge in [0.25, 0.3) is 11.4 Å². The summed E-state index contributed by atoms with van der Waals surface area (Å²) in [6, 6.07) is 14.7. The van der Waals surface area contributed by atoms with Crippen molar-refractivity contribution in [3.8, 4) is 22.8 Å². The van der Waals surface area contributed by atoms with Crippen LogP contribution in [0.5, 0.6) is 11.5 Å². The Balaban J connectivity index is 1.65. The SMILES string of the molecule is Cc1ccc(N=c2scc(-c3ccc([N+](=O)[O-])cc3)n2N=Cc2cc3c(cc2[N+](=O)[O-])OCO3)cc1C. The molecule has 0 N–H and O–H groups in total. The molecule has 1 aromatic heterocycles. The molecule has 0 unspecified atom stereocenters. The lowest BCUT2D eigenvalue weighted by Crippen LogP contribution is -2.12. The van der Waals surface area contributed by atoms with E-state index in [-0.39, 0.29) is 23.7 Å². The van der Waals surface area contributed by atoms with Crippen molar-refractivity contribution in [1.29, 1.82) is 0 Å². The average molecular weight is 518 g/mol. The minimum absolute atomic E-state index is 0.0182. The average Bonchev–Trinajstić information content (AvgIpc) is 3.50. The zero-order valence-corrected chi connectivity index (χ0v) is 20.5. The molecule has 0 spiro atoms. The molecule has 2 heterocycles. The zero-order chi connectivity index (χ0) is 26.1. The second-order valence-electron chi connectivity index (χ2n) is 8.17. The first kappa shape index (κ1) is 23.9. The van der Waals surface area contributed by atoms with Crippen LogP contribution in [0.3, 0.4) is 0 Å². The highest BCUT2D eigenvalue weighted by Crippen LogP contribution is 2.37. The highest BCUT2D eigenvalue weighted by Gasteiger charge is 2.22. The number of hydrogen-bond donors (Lipinski definition) is 0. The number of nitro groups is 2. The van der Waals surface area contributed by atoms with Crippen LogP contribution in [0.1, 0.15) is 16.7 Å². The van der Waals surface area contributed by atoms with Gasteiger partial charge in [-0.1, -0.05) is 6.07 Å². The van der Waals surface area contributed by atoms with Gasteiger partial charge < -0.3 is 9.47 Å². The van der Waals surface area contributed by atoms with Crippen molar-refractivity contribution in [2.45, 2.75) is 13.8 Å². The maximum Gasteiger partial charge on any atom is 0.282 e. The lowest BCUT2D eigenvalue weighted by Gasteiger charge is -2.05. The van der Waals surface area contributed by atoms with Gasteiger partial charge in [0.05, 0.1) is 39.1 Å². The maximum atomic E-state index is 11.7. The third-order valence-electron chi connectivity index (χ3n) is 5.81. The first-order chi connectivity index (χ1) is 17.8. The van der Waals surface area contributed by atoms with Gasteiger partial charge in [-0.05, 0) is 55.3 Å². The van der Waals surface area contributed by atoms with Gasteiger partial charge in [0.15, 0.2) is 11.5 Å². The monoisotopic (exact) mass is 517 g/mol. The largest absolute Gasteiger partial charge is 0.454 e. The standard InChI is InChI=1S/C25H19N5O6S/c1-15-3-6-19(9-16(15)2)27-25-28(22(13-37-25)17-4-7-20(8-5-17)29(31)32)26-12-18-10-23-24(36-14-35-23)11-21(18)30(33)34/h3-13H,14H2,1-2H3. The van der Waals surface area contributed by atoms with E-state index in [2.05, 4.69) is 5.10 Å². The number of thiazole rings is 1. The molecule has 37 heavy (non-hydrogen) atoms. The fourth-order valence-corrected chi connectivity index (χ4v) is 4.53. The molecule has 0 fully saturated rings. The Kier molecular flexibility index (Phi) is 6.24. The number of benzene rings is 3. The maximum absolute atomic E-state index is 11.7. The molecule has 1 aliphatic heterocycles. The van der Waals surface area contributed by atoms with Crippen LogP contribution in [0.4, 0.5) is 17.1 Å². The Bertz CT molecular complexity index is 1640.